The van der Waals surface area contributed by atoms with Crippen molar-refractivity contribution in [2.75, 3.05) is 26.3 Å². The van der Waals surface area contributed by atoms with Gasteiger partial charge < -0.3 is 13.9 Å². The van der Waals surface area contributed by atoms with Crippen LogP contribution in [0, 0.1) is 13.8 Å². The van der Waals surface area contributed by atoms with E-state index in [9.17, 15) is 4.79 Å². The highest BCUT2D eigenvalue weighted by Gasteiger charge is 2.39. The molecule has 0 bridgehead atoms. The number of hydrogen-bond acceptors (Lipinski definition) is 5. The van der Waals surface area contributed by atoms with Gasteiger partial charge in [0.15, 0.2) is 5.79 Å². The molecule has 2 fully saturated rings. The smallest absolute Gasteiger partial charge is 0.336 e. The van der Waals surface area contributed by atoms with E-state index < -0.39 is 0 Å². The molecule has 0 radical (unpaired) electrons. The predicted molar refractivity (Wildman–Crippen MR) is 91.1 cm³/mol. The number of benzene rings is 1. The Bertz CT molecular complexity index is 810. The lowest BCUT2D eigenvalue weighted by Gasteiger charge is -2.37. The van der Waals surface area contributed by atoms with Crippen LogP contribution in [0.3, 0.4) is 0 Å². The maximum absolute atomic E-state index is 11.9. The van der Waals surface area contributed by atoms with E-state index in [1.165, 1.54) is 0 Å². The molecule has 5 nitrogen and oxygen atoms in total. The Hall–Kier alpha value is -1.69. The van der Waals surface area contributed by atoms with Gasteiger partial charge in [-0.2, -0.15) is 0 Å². The van der Waals surface area contributed by atoms with E-state index in [0.717, 1.165) is 54.6 Å². The second-order valence-electron chi connectivity index (χ2n) is 6.93. The van der Waals surface area contributed by atoms with Crippen molar-refractivity contribution >= 4 is 11.0 Å². The van der Waals surface area contributed by atoms with Crippen molar-refractivity contribution in [2.24, 2.45) is 0 Å². The third-order valence-electron chi connectivity index (χ3n) is 5.09. The van der Waals surface area contributed by atoms with Crippen molar-refractivity contribution in [3.63, 3.8) is 0 Å². The van der Waals surface area contributed by atoms with Gasteiger partial charge >= 0.3 is 5.63 Å². The fraction of sp³-hybridized carbons (Fsp3) is 0.526. The van der Waals surface area contributed by atoms with Crippen molar-refractivity contribution in [3.05, 3.63) is 45.3 Å². The van der Waals surface area contributed by atoms with Crippen LogP contribution in [-0.2, 0) is 16.0 Å². The Balaban J connectivity index is 1.60. The maximum atomic E-state index is 11.9. The Labute approximate surface area is 141 Å². The first-order valence-electron chi connectivity index (χ1n) is 8.59. The molecule has 2 aliphatic rings. The van der Waals surface area contributed by atoms with Gasteiger partial charge in [-0.15, -0.1) is 0 Å². The van der Waals surface area contributed by atoms with Crippen LogP contribution in [0.25, 0.3) is 11.0 Å². The zero-order valence-electron chi connectivity index (χ0n) is 14.3. The molecule has 3 heterocycles. The van der Waals surface area contributed by atoms with Gasteiger partial charge in [-0.05, 0) is 36.6 Å². The van der Waals surface area contributed by atoms with Crippen LogP contribution in [0.2, 0.25) is 0 Å². The first-order valence-corrected chi connectivity index (χ1v) is 8.59. The summed E-state index contributed by atoms with van der Waals surface area (Å²) in [5.41, 5.74) is 3.71. The minimum Gasteiger partial charge on any atom is -0.423 e. The van der Waals surface area contributed by atoms with E-state index in [0.29, 0.717) is 18.8 Å². The van der Waals surface area contributed by atoms with Gasteiger partial charge in [0, 0.05) is 43.9 Å². The molecule has 0 atom stereocenters. The summed E-state index contributed by atoms with van der Waals surface area (Å²) in [4.78, 5) is 14.3. The number of rotatable bonds is 2. The number of nitrogens with zero attached hydrogens (tertiary/aromatic N) is 1. The van der Waals surface area contributed by atoms with Crippen LogP contribution in [0.5, 0.6) is 0 Å². The zero-order chi connectivity index (χ0) is 16.7. The number of ether oxygens (including phenoxy) is 2. The fourth-order valence-corrected chi connectivity index (χ4v) is 3.98. The first-order chi connectivity index (χ1) is 11.5. The SMILES string of the molecule is Cc1cc(C)c2c(CN3CCC4(CC3)OCCO4)cc(=O)oc2c1. The Morgan fingerprint density at radius 3 is 2.50 bits per heavy atom. The molecule has 0 N–H and O–H groups in total. The van der Waals surface area contributed by atoms with Crippen LogP contribution < -0.4 is 5.63 Å². The van der Waals surface area contributed by atoms with E-state index in [4.69, 9.17) is 13.9 Å². The molecule has 1 spiro atoms. The highest BCUT2D eigenvalue weighted by atomic mass is 16.7. The molecule has 0 saturated carbocycles. The summed E-state index contributed by atoms with van der Waals surface area (Å²) in [7, 11) is 0. The number of fused-ring (bicyclic) bond motifs is 1. The molecule has 0 aliphatic carbocycles. The highest BCUT2D eigenvalue weighted by molar-refractivity contribution is 5.84. The topological polar surface area (TPSA) is 51.9 Å². The molecule has 2 saturated heterocycles. The third-order valence-corrected chi connectivity index (χ3v) is 5.09. The Morgan fingerprint density at radius 1 is 1.08 bits per heavy atom. The summed E-state index contributed by atoms with van der Waals surface area (Å²) >= 11 is 0. The molecule has 128 valence electrons. The summed E-state index contributed by atoms with van der Waals surface area (Å²) in [6.07, 6.45) is 1.76. The van der Waals surface area contributed by atoms with Gasteiger partial charge in [-0.3, -0.25) is 4.90 Å². The Kier molecular flexibility index (Phi) is 3.95. The van der Waals surface area contributed by atoms with Gasteiger partial charge in [0.05, 0.1) is 13.2 Å². The van der Waals surface area contributed by atoms with Crippen molar-refractivity contribution in [3.8, 4) is 0 Å². The minimum atomic E-state index is -0.360. The van der Waals surface area contributed by atoms with Gasteiger partial charge in [-0.25, -0.2) is 4.79 Å². The van der Waals surface area contributed by atoms with Gasteiger partial charge in [-0.1, -0.05) is 6.07 Å². The second kappa shape index (κ2) is 5.99. The maximum Gasteiger partial charge on any atom is 0.336 e. The fourth-order valence-electron chi connectivity index (χ4n) is 3.98. The molecule has 24 heavy (non-hydrogen) atoms. The molecular weight excluding hydrogens is 306 g/mol. The van der Waals surface area contributed by atoms with Crippen molar-refractivity contribution in [2.45, 2.75) is 39.0 Å². The zero-order valence-corrected chi connectivity index (χ0v) is 14.3. The summed E-state index contributed by atoms with van der Waals surface area (Å²) in [6, 6.07) is 5.72. The lowest BCUT2D eigenvalue weighted by atomic mass is 10.00. The minimum absolute atomic E-state index is 0.279. The molecule has 0 unspecified atom stereocenters. The van der Waals surface area contributed by atoms with Crippen molar-refractivity contribution in [1.82, 2.24) is 4.90 Å². The summed E-state index contributed by atoms with van der Waals surface area (Å²) in [5.74, 6) is -0.360. The summed E-state index contributed by atoms with van der Waals surface area (Å²) in [6.45, 7) is 8.06. The number of aryl methyl sites for hydroxylation is 2. The molecule has 2 aromatic rings. The summed E-state index contributed by atoms with van der Waals surface area (Å²) < 4.78 is 17.0. The third kappa shape index (κ3) is 2.88. The average molecular weight is 329 g/mol. The monoisotopic (exact) mass is 329 g/mol. The lowest BCUT2D eigenvalue weighted by molar-refractivity contribution is -0.185. The molecule has 2 aliphatic heterocycles. The Morgan fingerprint density at radius 2 is 1.79 bits per heavy atom. The quantitative estimate of drug-likeness (QED) is 0.793. The highest BCUT2D eigenvalue weighted by Crippen LogP contribution is 2.32. The number of hydrogen-bond donors (Lipinski definition) is 0. The van der Waals surface area contributed by atoms with Crippen LogP contribution in [0.1, 0.15) is 29.5 Å². The molecule has 1 aromatic carbocycles. The van der Waals surface area contributed by atoms with Gasteiger partial charge in [0.1, 0.15) is 5.58 Å². The average Bonchev–Trinajstić information content (AvgIpc) is 2.97. The molecule has 5 heteroatoms. The van der Waals surface area contributed by atoms with Crippen LogP contribution >= 0.6 is 0 Å². The molecule has 4 rings (SSSR count). The van der Waals surface area contributed by atoms with E-state index >= 15 is 0 Å². The van der Waals surface area contributed by atoms with Crippen LogP contribution in [0.15, 0.2) is 27.4 Å². The van der Waals surface area contributed by atoms with E-state index in [1.54, 1.807) is 6.07 Å². The van der Waals surface area contributed by atoms with Crippen LogP contribution in [0.4, 0.5) is 0 Å². The number of likely N-dealkylation sites (tertiary alicyclic amines) is 1. The van der Waals surface area contributed by atoms with Crippen molar-refractivity contribution < 1.29 is 13.9 Å². The lowest BCUT2D eigenvalue weighted by Crippen LogP contribution is -2.44. The van der Waals surface area contributed by atoms with Gasteiger partial charge in [0.2, 0.25) is 0 Å². The first kappa shape index (κ1) is 15.8. The van der Waals surface area contributed by atoms with E-state index in [2.05, 4.69) is 17.9 Å². The van der Waals surface area contributed by atoms with E-state index in [1.807, 2.05) is 13.0 Å². The predicted octanol–water partition coefficient (Wildman–Crippen LogP) is 2.75. The second-order valence-corrected chi connectivity index (χ2v) is 6.93. The standard InChI is InChI=1S/C19H23NO4/c1-13-9-14(2)18-15(11-17(21)24-16(18)10-13)12-20-5-3-19(4-6-20)22-7-8-23-19/h9-11H,3-8,12H2,1-2H3. The normalized spacial score (nSPS) is 20.9. The van der Waals surface area contributed by atoms with Gasteiger partial charge in [0.25, 0.3) is 0 Å². The number of piperidine rings is 1. The largest absolute Gasteiger partial charge is 0.423 e. The molecule has 1 aromatic heterocycles. The van der Waals surface area contributed by atoms with Crippen LogP contribution in [-0.4, -0.2) is 37.0 Å². The van der Waals surface area contributed by atoms with E-state index in [-0.39, 0.29) is 11.4 Å². The summed E-state index contributed by atoms with van der Waals surface area (Å²) in [5, 5.41) is 1.06. The molecular formula is C19H23NO4. The van der Waals surface area contributed by atoms with Crippen molar-refractivity contribution in [1.29, 1.82) is 0 Å². The molecule has 0 amide bonds.